The summed E-state index contributed by atoms with van der Waals surface area (Å²) < 4.78 is 27.0. The number of Topliss-reactive ketones (excluding diaryl/α,β-unsaturated/α-hetero) is 1. The van der Waals surface area contributed by atoms with Crippen LogP contribution in [0.4, 0.5) is 10.8 Å². The number of hydrogen-bond donors (Lipinski definition) is 2. The van der Waals surface area contributed by atoms with Gasteiger partial charge in [0.1, 0.15) is 0 Å². The van der Waals surface area contributed by atoms with Crippen molar-refractivity contribution in [2.24, 2.45) is 0 Å². The fourth-order valence-corrected chi connectivity index (χ4v) is 4.29. The topological polar surface area (TPSA) is 105 Å². The van der Waals surface area contributed by atoms with Crippen LogP contribution in [-0.2, 0) is 14.8 Å². The van der Waals surface area contributed by atoms with Crippen LogP contribution in [0.3, 0.4) is 0 Å². The third-order valence-corrected chi connectivity index (χ3v) is 6.23. The number of carbonyl (C=O) groups is 2. The van der Waals surface area contributed by atoms with Gasteiger partial charge in [-0.1, -0.05) is 29.8 Å². The third-order valence-electron chi connectivity index (χ3n) is 4.06. The average Bonchev–Trinajstić information content (AvgIpc) is 3.19. The van der Waals surface area contributed by atoms with Crippen LogP contribution in [0.5, 0.6) is 0 Å². The highest BCUT2D eigenvalue weighted by Gasteiger charge is 2.16. The summed E-state index contributed by atoms with van der Waals surface area (Å²) in [6, 6.07) is 13.0. The Morgan fingerprint density at radius 2 is 1.69 bits per heavy atom. The van der Waals surface area contributed by atoms with Crippen molar-refractivity contribution in [2.45, 2.75) is 24.7 Å². The maximum absolute atomic E-state index is 12.3. The quantitative estimate of drug-likeness (QED) is 0.529. The molecule has 0 unspecified atom stereocenters. The van der Waals surface area contributed by atoms with E-state index < -0.39 is 10.0 Å². The molecule has 7 nitrogen and oxygen atoms in total. The Kier molecular flexibility index (Phi) is 6.40. The zero-order chi connectivity index (χ0) is 20.9. The van der Waals surface area contributed by atoms with Gasteiger partial charge >= 0.3 is 0 Å². The van der Waals surface area contributed by atoms with Gasteiger partial charge in [0.05, 0.1) is 4.90 Å². The van der Waals surface area contributed by atoms with Crippen LogP contribution >= 0.6 is 11.3 Å². The van der Waals surface area contributed by atoms with E-state index in [1.54, 1.807) is 17.5 Å². The summed E-state index contributed by atoms with van der Waals surface area (Å²) in [7, 11) is -3.74. The van der Waals surface area contributed by atoms with Crippen LogP contribution in [-0.4, -0.2) is 25.1 Å². The predicted molar refractivity (Wildman–Crippen MR) is 113 cm³/mol. The highest BCUT2D eigenvalue weighted by molar-refractivity contribution is 7.93. The lowest BCUT2D eigenvalue weighted by molar-refractivity contribution is -0.116. The lowest BCUT2D eigenvalue weighted by Gasteiger charge is -2.08. The number of ketones is 1. The van der Waals surface area contributed by atoms with E-state index in [1.165, 1.54) is 41.8 Å². The highest BCUT2D eigenvalue weighted by atomic mass is 32.2. The Hall–Kier alpha value is -3.04. The molecule has 1 heterocycles. The number of sulfonamides is 1. The minimum Gasteiger partial charge on any atom is -0.326 e. The first kappa shape index (κ1) is 20.7. The first-order valence-corrected chi connectivity index (χ1v) is 11.1. The fourth-order valence-electron chi connectivity index (χ4n) is 2.50. The van der Waals surface area contributed by atoms with Crippen molar-refractivity contribution in [1.82, 2.24) is 4.98 Å². The molecule has 0 aliphatic rings. The van der Waals surface area contributed by atoms with Crippen LogP contribution in [0, 0.1) is 6.92 Å². The van der Waals surface area contributed by atoms with E-state index in [2.05, 4.69) is 15.0 Å². The Balaban J connectivity index is 1.54. The molecular formula is C20H19N3O4S2. The maximum atomic E-state index is 12.3. The fraction of sp³-hybridized carbons (Fsp3) is 0.150. The van der Waals surface area contributed by atoms with Gasteiger partial charge in [0.25, 0.3) is 10.0 Å². The van der Waals surface area contributed by atoms with Gasteiger partial charge in [-0.05, 0) is 31.2 Å². The normalized spacial score (nSPS) is 11.1. The molecular weight excluding hydrogens is 410 g/mol. The lowest BCUT2D eigenvalue weighted by Crippen LogP contribution is -2.15. The van der Waals surface area contributed by atoms with Gasteiger partial charge in [-0.2, -0.15) is 0 Å². The number of thiazole rings is 1. The van der Waals surface area contributed by atoms with Gasteiger partial charge in [0, 0.05) is 35.7 Å². The number of carbonyl (C=O) groups excluding carboxylic acids is 2. The lowest BCUT2D eigenvalue weighted by atomic mass is 10.0. The molecule has 2 aromatic carbocycles. The molecule has 0 atom stereocenters. The van der Waals surface area contributed by atoms with Crippen molar-refractivity contribution in [3.63, 3.8) is 0 Å². The molecule has 1 amide bonds. The van der Waals surface area contributed by atoms with E-state index in [-0.39, 0.29) is 34.6 Å². The standard InChI is InChI=1S/C20H19N3O4S2/c1-14-2-4-15(5-3-14)18(24)10-11-19(25)22-16-6-8-17(9-7-16)29(26,27)23-20-21-12-13-28-20/h2-9,12-13H,10-11H2,1H3,(H,21,23)(H,22,25). The summed E-state index contributed by atoms with van der Waals surface area (Å²) in [6.07, 6.45) is 1.64. The van der Waals surface area contributed by atoms with Crippen molar-refractivity contribution >= 4 is 43.9 Å². The molecule has 0 fully saturated rings. The molecule has 9 heteroatoms. The molecule has 0 bridgehead atoms. The van der Waals surface area contributed by atoms with E-state index in [9.17, 15) is 18.0 Å². The van der Waals surface area contributed by atoms with E-state index in [0.29, 0.717) is 11.3 Å². The Labute approximate surface area is 172 Å². The number of aromatic nitrogens is 1. The number of nitrogens with one attached hydrogen (secondary N) is 2. The van der Waals surface area contributed by atoms with E-state index in [4.69, 9.17) is 0 Å². The zero-order valence-electron chi connectivity index (χ0n) is 15.6. The molecule has 3 rings (SSSR count). The molecule has 0 radical (unpaired) electrons. The summed E-state index contributed by atoms with van der Waals surface area (Å²) in [6.45, 7) is 1.94. The molecule has 150 valence electrons. The Morgan fingerprint density at radius 1 is 1.00 bits per heavy atom. The van der Waals surface area contributed by atoms with Gasteiger partial charge < -0.3 is 5.32 Å². The summed E-state index contributed by atoms with van der Waals surface area (Å²) in [5.74, 6) is -0.420. The van der Waals surface area contributed by atoms with Crippen molar-refractivity contribution < 1.29 is 18.0 Å². The molecule has 0 saturated carbocycles. The van der Waals surface area contributed by atoms with Crippen molar-refractivity contribution in [2.75, 3.05) is 10.0 Å². The molecule has 29 heavy (non-hydrogen) atoms. The number of nitrogens with zero attached hydrogens (tertiary/aromatic N) is 1. The number of anilines is 2. The SMILES string of the molecule is Cc1ccc(C(=O)CCC(=O)Nc2ccc(S(=O)(=O)Nc3nccs3)cc2)cc1. The predicted octanol–water partition coefficient (Wildman–Crippen LogP) is 3.85. The number of rotatable bonds is 8. The first-order chi connectivity index (χ1) is 13.8. The zero-order valence-corrected chi connectivity index (χ0v) is 17.2. The summed E-state index contributed by atoms with van der Waals surface area (Å²) in [5, 5.41) is 4.61. The van der Waals surface area contributed by atoms with E-state index >= 15 is 0 Å². The van der Waals surface area contributed by atoms with Gasteiger partial charge in [-0.25, -0.2) is 13.4 Å². The number of amides is 1. The van der Waals surface area contributed by atoms with Crippen LogP contribution in [0.25, 0.3) is 0 Å². The average molecular weight is 430 g/mol. The molecule has 0 aliphatic heterocycles. The van der Waals surface area contributed by atoms with Gasteiger partial charge in [-0.3, -0.25) is 14.3 Å². The Morgan fingerprint density at radius 3 is 2.31 bits per heavy atom. The second kappa shape index (κ2) is 8.97. The molecule has 0 spiro atoms. The Bertz CT molecular complexity index is 1090. The van der Waals surface area contributed by atoms with Gasteiger partial charge in [0.15, 0.2) is 10.9 Å². The molecule has 2 N–H and O–H groups in total. The summed E-state index contributed by atoms with van der Waals surface area (Å²) in [5.41, 5.74) is 2.09. The van der Waals surface area contributed by atoms with Crippen molar-refractivity contribution in [3.8, 4) is 0 Å². The van der Waals surface area contributed by atoms with Crippen LogP contribution in [0.2, 0.25) is 0 Å². The van der Waals surface area contributed by atoms with E-state index in [0.717, 1.165) is 5.56 Å². The number of hydrogen-bond acceptors (Lipinski definition) is 6. The summed E-state index contributed by atoms with van der Waals surface area (Å²) >= 11 is 1.18. The van der Waals surface area contributed by atoms with Crippen molar-refractivity contribution in [1.29, 1.82) is 0 Å². The minimum absolute atomic E-state index is 0.0400. The third kappa shape index (κ3) is 5.72. The minimum atomic E-state index is -3.74. The number of aryl methyl sites for hydroxylation is 1. The largest absolute Gasteiger partial charge is 0.326 e. The summed E-state index contributed by atoms with van der Waals surface area (Å²) in [4.78, 5) is 28.2. The first-order valence-electron chi connectivity index (χ1n) is 8.75. The van der Waals surface area contributed by atoms with Crippen LogP contribution < -0.4 is 10.0 Å². The number of benzene rings is 2. The van der Waals surface area contributed by atoms with Crippen LogP contribution in [0.15, 0.2) is 65.0 Å². The van der Waals surface area contributed by atoms with Gasteiger partial charge in [-0.15, -0.1) is 11.3 Å². The second-order valence-corrected chi connectivity index (χ2v) is 8.88. The maximum Gasteiger partial charge on any atom is 0.263 e. The van der Waals surface area contributed by atoms with Crippen molar-refractivity contribution in [3.05, 3.63) is 71.2 Å². The second-order valence-electron chi connectivity index (χ2n) is 6.30. The van der Waals surface area contributed by atoms with Gasteiger partial charge in [0.2, 0.25) is 5.91 Å². The monoisotopic (exact) mass is 429 g/mol. The molecule has 0 aliphatic carbocycles. The highest BCUT2D eigenvalue weighted by Crippen LogP contribution is 2.19. The molecule has 0 saturated heterocycles. The smallest absolute Gasteiger partial charge is 0.263 e. The van der Waals surface area contributed by atoms with Crippen LogP contribution in [0.1, 0.15) is 28.8 Å². The molecule has 3 aromatic rings. The molecule has 1 aromatic heterocycles. The van der Waals surface area contributed by atoms with E-state index in [1.807, 2.05) is 19.1 Å².